The maximum atomic E-state index is 12.6. The molecule has 5 rings (SSSR count). The predicted octanol–water partition coefficient (Wildman–Crippen LogP) is 5.65. The Hall–Kier alpha value is -2.76. The molecule has 4 aromatic rings. The first-order valence-corrected chi connectivity index (χ1v) is 15.0. The Morgan fingerprint density at radius 2 is 1.57 bits per heavy atom. The molecule has 0 radical (unpaired) electrons. The zero-order chi connectivity index (χ0) is 28.3. The van der Waals surface area contributed by atoms with E-state index in [-0.39, 0.29) is 41.3 Å². The summed E-state index contributed by atoms with van der Waals surface area (Å²) in [5, 5.41) is 10.0. The van der Waals surface area contributed by atoms with E-state index in [1.54, 1.807) is 41.2 Å². The average Bonchev–Trinajstić information content (AvgIpc) is 3.30. The number of rotatable bonds is 9. The van der Waals surface area contributed by atoms with E-state index in [1.165, 1.54) is 0 Å². The van der Waals surface area contributed by atoms with Crippen LogP contribution in [0.2, 0.25) is 10.3 Å². The Bertz CT molecular complexity index is 1530. The first-order valence-electron chi connectivity index (χ1n) is 12.8. The lowest BCUT2D eigenvalue weighted by molar-refractivity contribution is -0.276. The van der Waals surface area contributed by atoms with E-state index >= 15 is 0 Å². The van der Waals surface area contributed by atoms with Gasteiger partial charge in [-0.15, -0.1) is 0 Å². The zero-order valence-electron chi connectivity index (χ0n) is 21.7. The summed E-state index contributed by atoms with van der Waals surface area (Å²) in [6.07, 6.45) is 0.311. The summed E-state index contributed by atoms with van der Waals surface area (Å²) in [5.74, 6) is -0.0554. The maximum Gasteiger partial charge on any atom is 0.240 e. The van der Waals surface area contributed by atoms with Crippen molar-refractivity contribution in [2.75, 3.05) is 0 Å². The number of ether oxygens (including phenoxy) is 2. The summed E-state index contributed by atoms with van der Waals surface area (Å²) < 4.78 is 42.5. The average molecular weight is 603 g/mol. The van der Waals surface area contributed by atoms with Crippen LogP contribution in [0.3, 0.4) is 0 Å². The third-order valence-electron chi connectivity index (χ3n) is 7.00. The molecular weight excluding hydrogens is 573 g/mol. The number of halogens is 2. The van der Waals surface area contributed by atoms with Crippen LogP contribution in [0.5, 0.6) is 0 Å². The smallest absolute Gasteiger partial charge is 0.240 e. The highest BCUT2D eigenvalue weighted by molar-refractivity contribution is 7.89. The lowest BCUT2D eigenvalue weighted by Gasteiger charge is -2.41. The molecule has 1 aromatic heterocycles. The van der Waals surface area contributed by atoms with Crippen molar-refractivity contribution in [3.63, 3.8) is 0 Å². The predicted molar refractivity (Wildman–Crippen MR) is 152 cm³/mol. The first kappa shape index (κ1) is 28.8. The van der Waals surface area contributed by atoms with E-state index < -0.39 is 16.3 Å². The number of aromatic nitrogens is 2. The van der Waals surface area contributed by atoms with Crippen LogP contribution in [0.4, 0.5) is 0 Å². The molecule has 11 heteroatoms. The van der Waals surface area contributed by atoms with Gasteiger partial charge in [0.15, 0.2) is 11.4 Å². The van der Waals surface area contributed by atoms with Crippen molar-refractivity contribution in [2.45, 2.75) is 50.0 Å². The Labute approximate surface area is 243 Å². The molecule has 0 amide bonds. The van der Waals surface area contributed by atoms with E-state index in [2.05, 4.69) is 16.6 Å². The number of hydrogen-bond donors (Lipinski definition) is 2. The van der Waals surface area contributed by atoms with Gasteiger partial charge in [0.2, 0.25) is 10.0 Å². The highest BCUT2D eigenvalue weighted by Gasteiger charge is 2.38. The van der Waals surface area contributed by atoms with Gasteiger partial charge in [-0.25, -0.2) is 18.1 Å². The number of nitrogens with zero attached hydrogens (tertiary/aromatic N) is 2. The van der Waals surface area contributed by atoms with Gasteiger partial charge in [-0.2, -0.15) is 0 Å². The molecule has 0 saturated carbocycles. The Balaban J connectivity index is 1.35. The second kappa shape index (κ2) is 12.4. The highest BCUT2D eigenvalue weighted by atomic mass is 35.5. The standard InChI is InChI=1S/C29H29Cl2N3O5S/c1-19-25(16-34-18-32-27(30)28(34)31)38-29(39-26(19)22-11-9-21(17-35)10-12-22)23-13-7-20(8-14-23)15-33-40(36,37)24-5-3-2-4-6-24/h2-14,18-19,25-26,29,33,35H,15-17H2,1H3/t19-,25+,26+,29+/m0/s1. The van der Waals surface area contributed by atoms with E-state index in [4.69, 9.17) is 32.7 Å². The minimum atomic E-state index is -3.62. The molecule has 2 heterocycles. The van der Waals surface area contributed by atoms with Crippen molar-refractivity contribution >= 4 is 33.2 Å². The minimum Gasteiger partial charge on any atom is -0.392 e. The van der Waals surface area contributed by atoms with Crippen LogP contribution < -0.4 is 4.72 Å². The maximum absolute atomic E-state index is 12.6. The molecular formula is C29H29Cl2N3O5S. The molecule has 1 saturated heterocycles. The highest BCUT2D eigenvalue weighted by Crippen LogP contribution is 2.42. The van der Waals surface area contributed by atoms with Crippen molar-refractivity contribution < 1.29 is 23.0 Å². The van der Waals surface area contributed by atoms with E-state index in [1.807, 2.05) is 48.5 Å². The number of imidazole rings is 1. The topological polar surface area (TPSA) is 103 Å². The van der Waals surface area contributed by atoms with Crippen molar-refractivity contribution in [1.29, 1.82) is 0 Å². The summed E-state index contributed by atoms with van der Waals surface area (Å²) in [5.41, 5.74) is 3.36. The van der Waals surface area contributed by atoms with Gasteiger partial charge in [0.1, 0.15) is 5.15 Å². The molecule has 1 aliphatic heterocycles. The fraction of sp³-hybridized carbons (Fsp3) is 0.276. The van der Waals surface area contributed by atoms with E-state index in [0.717, 1.165) is 22.3 Å². The Morgan fingerprint density at radius 1 is 0.925 bits per heavy atom. The van der Waals surface area contributed by atoms with Crippen molar-refractivity contribution in [3.8, 4) is 0 Å². The van der Waals surface area contributed by atoms with Gasteiger partial charge >= 0.3 is 0 Å². The van der Waals surface area contributed by atoms with Crippen molar-refractivity contribution in [2.24, 2.45) is 5.92 Å². The summed E-state index contributed by atoms with van der Waals surface area (Å²) in [6, 6.07) is 23.4. The normalized spacial score (nSPS) is 21.4. The molecule has 0 spiro atoms. The fourth-order valence-corrected chi connectivity index (χ4v) is 6.00. The molecule has 8 nitrogen and oxygen atoms in total. The molecule has 40 heavy (non-hydrogen) atoms. The summed E-state index contributed by atoms with van der Waals surface area (Å²) in [7, 11) is -3.62. The summed E-state index contributed by atoms with van der Waals surface area (Å²) >= 11 is 12.4. The second-order valence-corrected chi connectivity index (χ2v) is 12.2. The largest absolute Gasteiger partial charge is 0.392 e. The molecule has 0 unspecified atom stereocenters. The van der Waals surface area contributed by atoms with Gasteiger partial charge in [-0.3, -0.25) is 0 Å². The Morgan fingerprint density at radius 3 is 2.20 bits per heavy atom. The van der Waals surface area contributed by atoms with Gasteiger partial charge in [0, 0.05) is 18.0 Å². The van der Waals surface area contributed by atoms with Crippen LogP contribution in [0.25, 0.3) is 0 Å². The van der Waals surface area contributed by atoms with Crippen LogP contribution in [0.15, 0.2) is 90.1 Å². The van der Waals surface area contributed by atoms with Gasteiger partial charge in [0.05, 0.1) is 36.6 Å². The molecule has 1 fully saturated rings. The second-order valence-electron chi connectivity index (χ2n) is 9.68. The molecule has 1 aliphatic rings. The SMILES string of the molecule is C[C@H]1[C@@H](Cn2cnc(Cl)c2Cl)O[C@@H](c2ccc(CNS(=O)(=O)c3ccccc3)cc2)O[C@H]1c1ccc(CO)cc1. The van der Waals surface area contributed by atoms with E-state index in [9.17, 15) is 13.5 Å². The third kappa shape index (κ3) is 6.42. The summed E-state index contributed by atoms with van der Waals surface area (Å²) in [4.78, 5) is 4.30. The summed E-state index contributed by atoms with van der Waals surface area (Å²) in [6.45, 7) is 2.58. The molecule has 0 aliphatic carbocycles. The van der Waals surface area contributed by atoms with Gasteiger partial charge in [-0.05, 0) is 28.8 Å². The van der Waals surface area contributed by atoms with Crippen LogP contribution in [-0.2, 0) is 39.2 Å². The van der Waals surface area contributed by atoms with Crippen molar-refractivity contribution in [1.82, 2.24) is 14.3 Å². The quantitative estimate of drug-likeness (QED) is 0.257. The number of hydrogen-bond acceptors (Lipinski definition) is 6. The van der Waals surface area contributed by atoms with Gasteiger partial charge in [0.25, 0.3) is 0 Å². The number of aliphatic hydroxyl groups is 1. The molecule has 210 valence electrons. The number of nitrogens with one attached hydrogen (secondary N) is 1. The third-order valence-corrected chi connectivity index (χ3v) is 9.19. The Kier molecular flexibility index (Phi) is 8.92. The van der Waals surface area contributed by atoms with Gasteiger partial charge < -0.3 is 19.1 Å². The molecule has 4 atom stereocenters. The van der Waals surface area contributed by atoms with Crippen molar-refractivity contribution in [3.05, 3.63) is 118 Å². The lowest BCUT2D eigenvalue weighted by atomic mass is 9.90. The molecule has 3 aromatic carbocycles. The van der Waals surface area contributed by atoms with Crippen LogP contribution in [-0.4, -0.2) is 29.2 Å². The monoisotopic (exact) mass is 601 g/mol. The van der Waals surface area contributed by atoms with Crippen LogP contribution >= 0.6 is 23.2 Å². The number of sulfonamides is 1. The minimum absolute atomic E-state index is 0.0382. The number of benzene rings is 3. The fourth-order valence-electron chi connectivity index (χ4n) is 4.65. The lowest BCUT2D eigenvalue weighted by Crippen LogP contribution is -2.39. The molecule has 2 N–H and O–H groups in total. The van der Waals surface area contributed by atoms with Gasteiger partial charge in [-0.1, -0.05) is 96.9 Å². The zero-order valence-corrected chi connectivity index (χ0v) is 24.0. The first-order chi connectivity index (χ1) is 19.2. The van der Waals surface area contributed by atoms with E-state index in [0.29, 0.717) is 11.7 Å². The van der Waals surface area contributed by atoms with Crippen LogP contribution in [0.1, 0.15) is 41.6 Å². The molecule has 0 bridgehead atoms. The van der Waals surface area contributed by atoms with Crippen LogP contribution in [0, 0.1) is 5.92 Å². The number of aliphatic hydroxyl groups excluding tert-OH is 1.